The van der Waals surface area contributed by atoms with Gasteiger partial charge in [-0.05, 0) is 38.1 Å². The van der Waals surface area contributed by atoms with E-state index in [9.17, 15) is 9.18 Å². The van der Waals surface area contributed by atoms with Crippen LogP contribution in [0.2, 0.25) is 0 Å². The first-order valence-corrected chi connectivity index (χ1v) is 4.57. The topological polar surface area (TPSA) is 38.7 Å². The normalized spacial score (nSPS) is 18.6. The molecule has 0 unspecified atom stereocenters. The van der Waals surface area contributed by atoms with Crippen molar-refractivity contribution in [3.05, 3.63) is 35.6 Å². The first kappa shape index (κ1) is 9.83. The van der Waals surface area contributed by atoms with Crippen LogP contribution in [-0.4, -0.2) is 17.4 Å². The summed E-state index contributed by atoms with van der Waals surface area (Å²) in [5.74, 6) is -0.463. The Labute approximate surface area is 86.6 Å². The van der Waals surface area contributed by atoms with E-state index in [1.54, 1.807) is 13.8 Å². The SMILES string of the molecule is CC1(C)N=C(c2ccc(F)cc2)OC1=O. The maximum absolute atomic E-state index is 12.7. The summed E-state index contributed by atoms with van der Waals surface area (Å²) >= 11 is 0. The Morgan fingerprint density at radius 1 is 1.27 bits per heavy atom. The molecular weight excluding hydrogens is 197 g/mol. The Balaban J connectivity index is 2.35. The third kappa shape index (κ3) is 1.75. The molecule has 3 nitrogen and oxygen atoms in total. The van der Waals surface area contributed by atoms with Crippen molar-refractivity contribution in [1.82, 2.24) is 0 Å². The molecule has 0 atom stereocenters. The smallest absolute Gasteiger partial charge is 0.340 e. The van der Waals surface area contributed by atoms with Gasteiger partial charge in [-0.1, -0.05) is 0 Å². The van der Waals surface area contributed by atoms with E-state index in [0.29, 0.717) is 5.56 Å². The molecule has 2 rings (SSSR count). The molecule has 78 valence electrons. The van der Waals surface area contributed by atoms with E-state index >= 15 is 0 Å². The second kappa shape index (κ2) is 3.15. The molecule has 1 heterocycles. The minimum absolute atomic E-state index is 0.255. The molecule has 0 saturated carbocycles. The number of rotatable bonds is 1. The van der Waals surface area contributed by atoms with Crippen LogP contribution >= 0.6 is 0 Å². The number of carbonyl (C=O) groups is 1. The standard InChI is InChI=1S/C11H10FNO2/c1-11(2)10(14)15-9(13-11)7-3-5-8(12)6-4-7/h3-6H,1-2H3. The van der Waals surface area contributed by atoms with Crippen LogP contribution in [0.4, 0.5) is 4.39 Å². The summed E-state index contributed by atoms with van der Waals surface area (Å²) in [5, 5.41) is 0. The van der Waals surface area contributed by atoms with Crippen LogP contribution in [0.5, 0.6) is 0 Å². The molecule has 0 amide bonds. The fourth-order valence-corrected chi connectivity index (χ4v) is 1.25. The summed E-state index contributed by atoms with van der Waals surface area (Å²) in [6, 6.07) is 5.67. The van der Waals surface area contributed by atoms with Gasteiger partial charge in [0.25, 0.3) is 0 Å². The predicted molar refractivity (Wildman–Crippen MR) is 53.1 cm³/mol. The van der Waals surface area contributed by atoms with E-state index in [-0.39, 0.29) is 17.7 Å². The van der Waals surface area contributed by atoms with E-state index in [0.717, 1.165) is 0 Å². The van der Waals surface area contributed by atoms with Crippen molar-refractivity contribution in [1.29, 1.82) is 0 Å². The highest BCUT2D eigenvalue weighted by atomic mass is 19.1. The van der Waals surface area contributed by atoms with Crippen molar-refractivity contribution in [3.63, 3.8) is 0 Å². The number of hydrogen-bond donors (Lipinski definition) is 0. The fourth-order valence-electron chi connectivity index (χ4n) is 1.25. The Morgan fingerprint density at radius 3 is 2.33 bits per heavy atom. The Hall–Kier alpha value is -1.71. The average molecular weight is 207 g/mol. The Kier molecular flexibility index (Phi) is 2.07. The summed E-state index contributed by atoms with van der Waals surface area (Å²) < 4.78 is 17.6. The number of carbonyl (C=O) groups excluding carboxylic acids is 1. The van der Waals surface area contributed by atoms with Gasteiger partial charge in [0.2, 0.25) is 5.90 Å². The number of cyclic esters (lactones) is 1. The maximum atomic E-state index is 12.7. The predicted octanol–water partition coefficient (Wildman–Crippen LogP) is 1.91. The lowest BCUT2D eigenvalue weighted by Gasteiger charge is -2.05. The van der Waals surface area contributed by atoms with E-state index in [2.05, 4.69) is 4.99 Å². The highest BCUT2D eigenvalue weighted by Crippen LogP contribution is 2.22. The molecule has 0 bridgehead atoms. The van der Waals surface area contributed by atoms with Crippen molar-refractivity contribution >= 4 is 11.9 Å². The summed E-state index contributed by atoms with van der Waals surface area (Å²) in [4.78, 5) is 15.5. The van der Waals surface area contributed by atoms with Crippen LogP contribution in [0.25, 0.3) is 0 Å². The summed E-state index contributed by atoms with van der Waals surface area (Å²) in [7, 11) is 0. The van der Waals surface area contributed by atoms with Crippen LogP contribution in [0.1, 0.15) is 19.4 Å². The van der Waals surface area contributed by atoms with Gasteiger partial charge in [-0.2, -0.15) is 0 Å². The van der Waals surface area contributed by atoms with Gasteiger partial charge >= 0.3 is 5.97 Å². The monoisotopic (exact) mass is 207 g/mol. The van der Waals surface area contributed by atoms with Crippen LogP contribution in [-0.2, 0) is 9.53 Å². The summed E-state index contributed by atoms with van der Waals surface area (Å²) in [6.07, 6.45) is 0. The number of nitrogens with zero attached hydrogens (tertiary/aromatic N) is 1. The van der Waals surface area contributed by atoms with Crippen molar-refractivity contribution in [3.8, 4) is 0 Å². The maximum Gasteiger partial charge on any atom is 0.340 e. The largest absolute Gasteiger partial charge is 0.405 e. The third-order valence-corrected chi connectivity index (χ3v) is 2.16. The molecule has 0 saturated heterocycles. The molecule has 4 heteroatoms. The number of hydrogen-bond acceptors (Lipinski definition) is 3. The molecule has 0 spiro atoms. The number of benzene rings is 1. The van der Waals surface area contributed by atoms with E-state index in [4.69, 9.17) is 4.74 Å². The molecular formula is C11H10FNO2. The molecule has 0 radical (unpaired) electrons. The third-order valence-electron chi connectivity index (χ3n) is 2.16. The molecule has 1 aromatic rings. The average Bonchev–Trinajstić information content (AvgIpc) is 2.42. The van der Waals surface area contributed by atoms with Gasteiger partial charge in [0.1, 0.15) is 5.82 Å². The van der Waals surface area contributed by atoms with Crippen LogP contribution in [0.15, 0.2) is 29.3 Å². The van der Waals surface area contributed by atoms with Gasteiger partial charge < -0.3 is 4.74 Å². The van der Waals surface area contributed by atoms with E-state index in [1.807, 2.05) is 0 Å². The molecule has 1 aliphatic heterocycles. The lowest BCUT2D eigenvalue weighted by atomic mass is 10.1. The first-order chi connectivity index (χ1) is 6.99. The number of esters is 1. The zero-order valence-corrected chi connectivity index (χ0v) is 8.45. The van der Waals surface area contributed by atoms with Gasteiger partial charge in [0.05, 0.1) is 0 Å². The minimum atomic E-state index is -0.844. The van der Waals surface area contributed by atoms with Gasteiger partial charge in [-0.25, -0.2) is 14.2 Å². The zero-order chi connectivity index (χ0) is 11.1. The number of ether oxygens (including phenoxy) is 1. The molecule has 15 heavy (non-hydrogen) atoms. The highest BCUT2D eigenvalue weighted by Gasteiger charge is 2.37. The Bertz CT molecular complexity index is 434. The van der Waals surface area contributed by atoms with Crippen LogP contribution < -0.4 is 0 Å². The van der Waals surface area contributed by atoms with Gasteiger partial charge in [0, 0.05) is 5.56 Å². The molecule has 0 aliphatic carbocycles. The van der Waals surface area contributed by atoms with Crippen molar-refractivity contribution in [2.45, 2.75) is 19.4 Å². The van der Waals surface area contributed by atoms with Gasteiger partial charge in [-0.3, -0.25) is 0 Å². The van der Waals surface area contributed by atoms with Crippen LogP contribution in [0.3, 0.4) is 0 Å². The second-order valence-electron chi connectivity index (χ2n) is 3.87. The van der Waals surface area contributed by atoms with Crippen molar-refractivity contribution < 1.29 is 13.9 Å². The van der Waals surface area contributed by atoms with E-state index < -0.39 is 5.54 Å². The summed E-state index contributed by atoms with van der Waals surface area (Å²) in [6.45, 7) is 3.34. The minimum Gasteiger partial charge on any atom is -0.405 e. The second-order valence-corrected chi connectivity index (χ2v) is 3.87. The fraction of sp³-hybridized carbons (Fsp3) is 0.273. The lowest BCUT2D eigenvalue weighted by Crippen LogP contribution is -2.25. The van der Waals surface area contributed by atoms with E-state index in [1.165, 1.54) is 24.3 Å². The molecule has 1 aliphatic rings. The van der Waals surface area contributed by atoms with Crippen molar-refractivity contribution in [2.24, 2.45) is 4.99 Å². The number of halogens is 1. The molecule has 0 fully saturated rings. The zero-order valence-electron chi connectivity index (χ0n) is 8.45. The Morgan fingerprint density at radius 2 is 1.87 bits per heavy atom. The van der Waals surface area contributed by atoms with Gasteiger partial charge in [-0.15, -0.1) is 0 Å². The first-order valence-electron chi connectivity index (χ1n) is 4.57. The highest BCUT2D eigenvalue weighted by molar-refractivity contribution is 6.07. The van der Waals surface area contributed by atoms with Crippen molar-refractivity contribution in [2.75, 3.05) is 0 Å². The van der Waals surface area contributed by atoms with Crippen LogP contribution in [0, 0.1) is 5.82 Å². The summed E-state index contributed by atoms with van der Waals surface area (Å²) in [5.41, 5.74) is -0.237. The number of aliphatic imine (C=N–C) groups is 1. The quantitative estimate of drug-likeness (QED) is 0.660. The van der Waals surface area contributed by atoms with Gasteiger partial charge in [0.15, 0.2) is 5.54 Å². The molecule has 1 aromatic carbocycles. The molecule has 0 N–H and O–H groups in total. The lowest BCUT2D eigenvalue weighted by molar-refractivity contribution is -0.137. The molecule has 0 aromatic heterocycles.